The van der Waals surface area contributed by atoms with Gasteiger partial charge in [-0.05, 0) is 12.8 Å². The summed E-state index contributed by atoms with van der Waals surface area (Å²) >= 11 is 0. The van der Waals surface area contributed by atoms with Gasteiger partial charge < -0.3 is 5.73 Å². The molecule has 0 aromatic rings. The highest BCUT2D eigenvalue weighted by Crippen LogP contribution is 2.18. The highest BCUT2D eigenvalue weighted by atomic mass is 19.1. The Balaban J connectivity index is 2.32. The van der Waals surface area contributed by atoms with Gasteiger partial charge in [0.2, 0.25) is 0 Å². The third-order valence-corrected chi connectivity index (χ3v) is 1.98. The molecule has 0 unspecified atom stereocenters. The zero-order chi connectivity index (χ0) is 6.69. The van der Waals surface area contributed by atoms with E-state index in [1.165, 1.54) is 0 Å². The lowest BCUT2D eigenvalue weighted by Crippen LogP contribution is -2.29. The van der Waals surface area contributed by atoms with Crippen molar-refractivity contribution in [2.45, 2.75) is 44.3 Å². The molecule has 0 spiro atoms. The van der Waals surface area contributed by atoms with Gasteiger partial charge in [0.15, 0.2) is 0 Å². The van der Waals surface area contributed by atoms with Crippen LogP contribution in [-0.2, 0) is 0 Å². The molecule has 2 N–H and O–H groups in total. The largest absolute Gasteiger partial charge is 0.325 e. The van der Waals surface area contributed by atoms with Crippen LogP contribution >= 0.6 is 0 Å². The third kappa shape index (κ3) is 1.94. The van der Waals surface area contributed by atoms with Crippen molar-refractivity contribution >= 4 is 0 Å². The van der Waals surface area contributed by atoms with Crippen molar-refractivity contribution in [1.82, 2.24) is 0 Å². The molecule has 2 heteroatoms. The molecule has 0 aromatic carbocycles. The van der Waals surface area contributed by atoms with Gasteiger partial charge in [0.05, 0.1) is 0 Å². The van der Waals surface area contributed by atoms with E-state index < -0.39 is 6.17 Å². The fourth-order valence-corrected chi connectivity index (χ4v) is 1.29. The monoisotopic (exact) mass is 131 g/mol. The second-order valence-electron chi connectivity index (χ2n) is 2.82. The highest BCUT2D eigenvalue weighted by Gasteiger charge is 2.18. The van der Waals surface area contributed by atoms with Gasteiger partial charge in [-0.25, -0.2) is 4.39 Å². The SMILES string of the molecule is N[C@H]1CCCCC[C@@H]1F. The molecule has 0 bridgehead atoms. The molecule has 1 nitrogen and oxygen atoms in total. The van der Waals surface area contributed by atoms with Crippen LogP contribution in [0.5, 0.6) is 0 Å². The summed E-state index contributed by atoms with van der Waals surface area (Å²) in [6.07, 6.45) is 4.12. The van der Waals surface area contributed by atoms with Crippen molar-refractivity contribution in [3.05, 3.63) is 0 Å². The normalized spacial score (nSPS) is 38.0. The van der Waals surface area contributed by atoms with E-state index >= 15 is 0 Å². The summed E-state index contributed by atoms with van der Waals surface area (Å²) in [5, 5.41) is 0. The van der Waals surface area contributed by atoms with Crippen molar-refractivity contribution in [2.24, 2.45) is 5.73 Å². The Morgan fingerprint density at radius 1 is 1.11 bits per heavy atom. The van der Waals surface area contributed by atoms with Gasteiger partial charge in [0.1, 0.15) is 6.17 Å². The van der Waals surface area contributed by atoms with E-state index in [2.05, 4.69) is 0 Å². The Bertz CT molecular complexity index is 75.0. The molecular formula is C7H14FN. The van der Waals surface area contributed by atoms with Crippen LogP contribution in [0.15, 0.2) is 0 Å². The van der Waals surface area contributed by atoms with Crippen molar-refractivity contribution in [2.75, 3.05) is 0 Å². The summed E-state index contributed by atoms with van der Waals surface area (Å²) in [6.45, 7) is 0. The van der Waals surface area contributed by atoms with E-state index in [9.17, 15) is 4.39 Å². The van der Waals surface area contributed by atoms with Gasteiger partial charge in [-0.3, -0.25) is 0 Å². The summed E-state index contributed by atoms with van der Waals surface area (Å²) in [5.74, 6) is 0. The molecule has 1 aliphatic rings. The molecule has 1 rings (SSSR count). The fourth-order valence-electron chi connectivity index (χ4n) is 1.29. The van der Waals surface area contributed by atoms with E-state index in [1.54, 1.807) is 0 Å². The van der Waals surface area contributed by atoms with E-state index in [0.29, 0.717) is 6.42 Å². The van der Waals surface area contributed by atoms with Crippen molar-refractivity contribution in [3.63, 3.8) is 0 Å². The Hall–Kier alpha value is -0.110. The molecule has 0 radical (unpaired) electrons. The smallest absolute Gasteiger partial charge is 0.115 e. The number of halogens is 1. The fraction of sp³-hybridized carbons (Fsp3) is 1.00. The maximum Gasteiger partial charge on any atom is 0.115 e. The van der Waals surface area contributed by atoms with Crippen LogP contribution in [0.4, 0.5) is 4.39 Å². The highest BCUT2D eigenvalue weighted by molar-refractivity contribution is 4.75. The maximum absolute atomic E-state index is 12.7. The molecule has 54 valence electrons. The first-order chi connectivity index (χ1) is 4.30. The predicted molar refractivity (Wildman–Crippen MR) is 36.0 cm³/mol. The average molecular weight is 131 g/mol. The van der Waals surface area contributed by atoms with Crippen LogP contribution in [-0.4, -0.2) is 12.2 Å². The summed E-state index contributed by atoms with van der Waals surface area (Å²) in [5.41, 5.74) is 5.50. The van der Waals surface area contributed by atoms with Crippen LogP contribution in [0.3, 0.4) is 0 Å². The molecule has 0 aromatic heterocycles. The van der Waals surface area contributed by atoms with Crippen LogP contribution < -0.4 is 5.73 Å². The minimum atomic E-state index is -0.729. The van der Waals surface area contributed by atoms with Gasteiger partial charge in [-0.1, -0.05) is 19.3 Å². The topological polar surface area (TPSA) is 26.0 Å². The number of alkyl halides is 1. The van der Waals surface area contributed by atoms with Crippen molar-refractivity contribution < 1.29 is 4.39 Å². The molecule has 1 fully saturated rings. The Morgan fingerprint density at radius 2 is 1.78 bits per heavy atom. The summed E-state index contributed by atoms with van der Waals surface area (Å²) in [7, 11) is 0. The summed E-state index contributed by atoms with van der Waals surface area (Å²) < 4.78 is 12.7. The number of nitrogens with two attached hydrogens (primary N) is 1. The summed E-state index contributed by atoms with van der Waals surface area (Å²) in [4.78, 5) is 0. The zero-order valence-corrected chi connectivity index (χ0v) is 5.65. The van der Waals surface area contributed by atoms with Gasteiger partial charge in [0.25, 0.3) is 0 Å². The van der Waals surface area contributed by atoms with Crippen LogP contribution in [0.2, 0.25) is 0 Å². The quantitative estimate of drug-likeness (QED) is 0.497. The van der Waals surface area contributed by atoms with E-state index in [-0.39, 0.29) is 6.04 Å². The predicted octanol–water partition coefficient (Wildman–Crippen LogP) is 1.62. The molecular weight excluding hydrogens is 117 g/mol. The average Bonchev–Trinajstić information content (AvgIpc) is 1.99. The molecule has 9 heavy (non-hydrogen) atoms. The minimum Gasteiger partial charge on any atom is -0.325 e. The lowest BCUT2D eigenvalue weighted by atomic mass is 10.1. The second-order valence-corrected chi connectivity index (χ2v) is 2.82. The molecule has 0 amide bonds. The number of hydrogen-bond acceptors (Lipinski definition) is 1. The van der Waals surface area contributed by atoms with Gasteiger partial charge >= 0.3 is 0 Å². The first-order valence-corrected chi connectivity index (χ1v) is 3.70. The van der Waals surface area contributed by atoms with Crippen LogP contribution in [0.25, 0.3) is 0 Å². The summed E-state index contributed by atoms with van der Waals surface area (Å²) in [6, 6.07) is -0.174. The molecule has 0 aliphatic heterocycles. The van der Waals surface area contributed by atoms with Crippen molar-refractivity contribution in [1.29, 1.82) is 0 Å². The van der Waals surface area contributed by atoms with Crippen LogP contribution in [0.1, 0.15) is 32.1 Å². The first kappa shape index (κ1) is 7.00. The number of rotatable bonds is 0. The van der Waals surface area contributed by atoms with Gasteiger partial charge in [0, 0.05) is 6.04 Å². The van der Waals surface area contributed by atoms with Crippen LogP contribution in [0, 0.1) is 0 Å². The number of hydrogen-bond donors (Lipinski definition) is 1. The van der Waals surface area contributed by atoms with Gasteiger partial charge in [-0.2, -0.15) is 0 Å². The Labute approximate surface area is 55.4 Å². The van der Waals surface area contributed by atoms with E-state index in [4.69, 9.17) is 5.73 Å². The van der Waals surface area contributed by atoms with Crippen molar-refractivity contribution in [3.8, 4) is 0 Å². The first-order valence-electron chi connectivity index (χ1n) is 3.70. The molecule has 0 saturated heterocycles. The third-order valence-electron chi connectivity index (χ3n) is 1.98. The zero-order valence-electron chi connectivity index (χ0n) is 5.65. The Morgan fingerprint density at radius 3 is 2.56 bits per heavy atom. The minimum absolute atomic E-state index is 0.174. The standard InChI is InChI=1S/C7H14FN/c8-6-4-2-1-3-5-7(6)9/h6-7H,1-5,9H2/t6-,7-/m0/s1. The maximum atomic E-state index is 12.7. The Kier molecular flexibility index (Phi) is 2.46. The second kappa shape index (κ2) is 3.16. The molecule has 2 atom stereocenters. The molecule has 0 heterocycles. The van der Waals surface area contributed by atoms with E-state index in [1.807, 2.05) is 0 Å². The lowest BCUT2D eigenvalue weighted by molar-refractivity contribution is 0.268. The lowest BCUT2D eigenvalue weighted by Gasteiger charge is -2.10. The molecule has 1 saturated carbocycles. The van der Waals surface area contributed by atoms with Gasteiger partial charge in [-0.15, -0.1) is 0 Å². The molecule has 1 aliphatic carbocycles. The van der Waals surface area contributed by atoms with E-state index in [0.717, 1.165) is 25.7 Å².